The molecular formula is C15H23ClN4OS. The molecule has 0 bridgehead atoms. The van der Waals surface area contributed by atoms with E-state index in [9.17, 15) is 4.79 Å². The van der Waals surface area contributed by atoms with E-state index in [0.29, 0.717) is 10.9 Å². The minimum Gasteiger partial charge on any atom is -0.385 e. The van der Waals surface area contributed by atoms with Crippen molar-refractivity contribution >= 4 is 29.2 Å². The van der Waals surface area contributed by atoms with Crippen LogP contribution in [0.3, 0.4) is 0 Å². The van der Waals surface area contributed by atoms with Gasteiger partial charge in [0.2, 0.25) is 0 Å². The Morgan fingerprint density at radius 1 is 1.27 bits per heavy atom. The predicted molar refractivity (Wildman–Crippen MR) is 92.7 cm³/mol. The summed E-state index contributed by atoms with van der Waals surface area (Å²) in [5.41, 5.74) is 0.422. The van der Waals surface area contributed by atoms with Crippen LogP contribution in [0.15, 0.2) is 11.0 Å². The van der Waals surface area contributed by atoms with Crippen LogP contribution >= 0.6 is 23.5 Å². The molecule has 3 rings (SSSR count). The maximum atomic E-state index is 12.3. The topological polar surface area (TPSA) is 50.2 Å². The maximum absolute atomic E-state index is 12.3. The first-order valence-electron chi connectivity index (χ1n) is 8.06. The summed E-state index contributed by atoms with van der Waals surface area (Å²) in [6.45, 7) is 2.46. The molecule has 1 saturated carbocycles. The van der Waals surface area contributed by atoms with Gasteiger partial charge in [0.05, 0.1) is 17.9 Å². The van der Waals surface area contributed by atoms with Crippen LogP contribution in [0.2, 0.25) is 5.02 Å². The molecule has 2 fully saturated rings. The first-order chi connectivity index (χ1) is 10.7. The standard InChI is InChI=1S/C15H23ClN4OS/c1-17-13-10-18-20(15(21)14(13)16)11-4-6-12(7-5-11)22-19-8-2-3-9-19/h10-12,17H,2-9H2,1H3. The Morgan fingerprint density at radius 2 is 1.95 bits per heavy atom. The summed E-state index contributed by atoms with van der Waals surface area (Å²) in [7, 11) is 1.74. The van der Waals surface area contributed by atoms with Crippen molar-refractivity contribution in [3.8, 4) is 0 Å². The van der Waals surface area contributed by atoms with Gasteiger partial charge in [0.15, 0.2) is 0 Å². The third-order valence-corrected chi connectivity index (χ3v) is 6.36. The molecule has 7 heteroatoms. The predicted octanol–water partition coefficient (Wildman–Crippen LogP) is 3.17. The van der Waals surface area contributed by atoms with Crippen LogP contribution in [-0.2, 0) is 0 Å². The summed E-state index contributed by atoms with van der Waals surface area (Å²) in [6.07, 6.45) is 8.61. The molecule has 0 amide bonds. The zero-order valence-corrected chi connectivity index (χ0v) is 14.5. The Labute approximate surface area is 140 Å². The second kappa shape index (κ2) is 7.23. The van der Waals surface area contributed by atoms with E-state index < -0.39 is 0 Å². The smallest absolute Gasteiger partial charge is 0.287 e. The monoisotopic (exact) mass is 342 g/mol. The molecule has 0 radical (unpaired) electrons. The highest BCUT2D eigenvalue weighted by atomic mass is 35.5. The number of aromatic nitrogens is 2. The zero-order chi connectivity index (χ0) is 15.5. The first-order valence-corrected chi connectivity index (χ1v) is 9.27. The summed E-state index contributed by atoms with van der Waals surface area (Å²) in [6, 6.07) is 0.186. The molecule has 1 aromatic heterocycles. The van der Waals surface area contributed by atoms with Gasteiger partial charge in [0.1, 0.15) is 5.02 Å². The lowest BCUT2D eigenvalue weighted by Crippen LogP contribution is -2.32. The summed E-state index contributed by atoms with van der Waals surface area (Å²) in [5.74, 6) is 0. The van der Waals surface area contributed by atoms with Crippen molar-refractivity contribution in [2.45, 2.75) is 49.8 Å². The second-order valence-electron chi connectivity index (χ2n) is 6.04. The molecule has 0 unspecified atom stereocenters. The fourth-order valence-electron chi connectivity index (χ4n) is 3.28. The SMILES string of the molecule is CNc1cnn(C2CCC(SN3CCCC3)CC2)c(=O)c1Cl. The van der Waals surface area contributed by atoms with Crippen molar-refractivity contribution in [2.24, 2.45) is 0 Å². The average molecular weight is 343 g/mol. The average Bonchev–Trinajstić information content (AvgIpc) is 3.04. The van der Waals surface area contributed by atoms with E-state index in [1.807, 2.05) is 11.9 Å². The van der Waals surface area contributed by atoms with Crippen LogP contribution in [0.4, 0.5) is 5.69 Å². The summed E-state index contributed by atoms with van der Waals surface area (Å²) in [5, 5.41) is 8.13. The zero-order valence-electron chi connectivity index (χ0n) is 12.9. The fourth-order valence-corrected chi connectivity index (χ4v) is 4.88. The van der Waals surface area contributed by atoms with E-state index in [2.05, 4.69) is 14.7 Å². The van der Waals surface area contributed by atoms with E-state index >= 15 is 0 Å². The van der Waals surface area contributed by atoms with E-state index in [-0.39, 0.29) is 16.6 Å². The summed E-state index contributed by atoms with van der Waals surface area (Å²) >= 11 is 8.14. The molecule has 1 aliphatic carbocycles. The van der Waals surface area contributed by atoms with Gasteiger partial charge >= 0.3 is 0 Å². The third-order valence-electron chi connectivity index (χ3n) is 4.57. The number of hydrogen-bond donors (Lipinski definition) is 1. The lowest BCUT2D eigenvalue weighted by Gasteiger charge is -2.30. The van der Waals surface area contributed by atoms with E-state index in [0.717, 1.165) is 25.7 Å². The lowest BCUT2D eigenvalue weighted by molar-refractivity contribution is 0.322. The van der Waals surface area contributed by atoms with Crippen LogP contribution in [0.25, 0.3) is 0 Å². The van der Waals surface area contributed by atoms with Crippen molar-refractivity contribution in [3.63, 3.8) is 0 Å². The summed E-state index contributed by atoms with van der Waals surface area (Å²) < 4.78 is 4.09. The molecule has 5 nitrogen and oxygen atoms in total. The van der Waals surface area contributed by atoms with Gasteiger partial charge in [-0.1, -0.05) is 23.5 Å². The van der Waals surface area contributed by atoms with Crippen LogP contribution in [0.5, 0.6) is 0 Å². The molecule has 2 aliphatic rings. The van der Waals surface area contributed by atoms with E-state index in [4.69, 9.17) is 11.6 Å². The van der Waals surface area contributed by atoms with Crippen LogP contribution in [-0.4, -0.2) is 39.5 Å². The Kier molecular flexibility index (Phi) is 5.31. The van der Waals surface area contributed by atoms with Crippen molar-refractivity contribution in [1.82, 2.24) is 14.1 Å². The number of hydrogen-bond acceptors (Lipinski definition) is 5. The maximum Gasteiger partial charge on any atom is 0.287 e. The quantitative estimate of drug-likeness (QED) is 0.852. The summed E-state index contributed by atoms with van der Waals surface area (Å²) in [4.78, 5) is 12.3. The highest BCUT2D eigenvalue weighted by molar-refractivity contribution is 7.97. The van der Waals surface area contributed by atoms with Gasteiger partial charge < -0.3 is 5.32 Å². The molecule has 1 aliphatic heterocycles. The minimum atomic E-state index is -0.177. The van der Waals surface area contributed by atoms with Gasteiger partial charge in [0.25, 0.3) is 5.56 Å². The number of anilines is 1. The number of nitrogens with one attached hydrogen (secondary N) is 1. The number of halogens is 1. The molecule has 1 N–H and O–H groups in total. The van der Waals surface area contributed by atoms with Crippen LogP contribution in [0.1, 0.15) is 44.6 Å². The Hall–Kier alpha value is -0.720. The normalized spacial score (nSPS) is 26.3. The Balaban J connectivity index is 1.61. The van der Waals surface area contributed by atoms with Gasteiger partial charge in [-0.05, 0) is 38.5 Å². The molecule has 1 saturated heterocycles. The molecular weight excluding hydrogens is 320 g/mol. The molecule has 0 aromatic carbocycles. The van der Waals surface area contributed by atoms with Gasteiger partial charge in [-0.25, -0.2) is 4.68 Å². The first kappa shape index (κ1) is 16.1. The number of rotatable bonds is 4. The molecule has 2 heterocycles. The molecule has 0 spiro atoms. The van der Waals surface area contributed by atoms with Crippen molar-refractivity contribution in [1.29, 1.82) is 0 Å². The second-order valence-corrected chi connectivity index (χ2v) is 7.82. The Morgan fingerprint density at radius 3 is 2.59 bits per heavy atom. The van der Waals surface area contributed by atoms with Crippen molar-refractivity contribution in [3.05, 3.63) is 21.6 Å². The Bertz CT molecular complexity index is 565. The largest absolute Gasteiger partial charge is 0.385 e. The lowest BCUT2D eigenvalue weighted by atomic mass is 9.95. The molecule has 22 heavy (non-hydrogen) atoms. The third kappa shape index (κ3) is 3.44. The fraction of sp³-hybridized carbons (Fsp3) is 0.733. The molecule has 1 aromatic rings. The van der Waals surface area contributed by atoms with Gasteiger partial charge in [-0.3, -0.25) is 9.10 Å². The van der Waals surface area contributed by atoms with Crippen LogP contribution < -0.4 is 10.9 Å². The molecule has 122 valence electrons. The van der Waals surface area contributed by atoms with Gasteiger partial charge in [0, 0.05) is 25.4 Å². The van der Waals surface area contributed by atoms with Crippen molar-refractivity contribution < 1.29 is 0 Å². The van der Waals surface area contributed by atoms with Crippen molar-refractivity contribution in [2.75, 3.05) is 25.5 Å². The number of nitrogens with zero attached hydrogens (tertiary/aromatic N) is 3. The molecule has 0 atom stereocenters. The van der Waals surface area contributed by atoms with E-state index in [1.165, 1.54) is 25.9 Å². The van der Waals surface area contributed by atoms with Gasteiger partial charge in [-0.15, -0.1) is 0 Å². The van der Waals surface area contributed by atoms with Gasteiger partial charge in [-0.2, -0.15) is 5.10 Å². The highest BCUT2D eigenvalue weighted by Crippen LogP contribution is 2.36. The van der Waals surface area contributed by atoms with Crippen LogP contribution in [0, 0.1) is 0 Å². The van der Waals surface area contributed by atoms with E-state index in [1.54, 1.807) is 17.9 Å². The highest BCUT2D eigenvalue weighted by Gasteiger charge is 2.27. The minimum absolute atomic E-state index is 0.177.